The molecule has 3 rings (SSSR count). The first-order chi connectivity index (χ1) is 11.5. The Balaban J connectivity index is 2.09. The number of nitrogens with zero attached hydrogens (tertiary/aromatic N) is 1. The van der Waals surface area contributed by atoms with E-state index in [1.54, 1.807) is 24.3 Å². The molecule has 1 amide bonds. The molecule has 0 aromatic heterocycles. The predicted molar refractivity (Wildman–Crippen MR) is 83.5 cm³/mol. The summed E-state index contributed by atoms with van der Waals surface area (Å²) in [5.41, 5.74) is 0.301. The second-order valence-electron chi connectivity index (χ2n) is 4.99. The summed E-state index contributed by atoms with van der Waals surface area (Å²) >= 11 is 0. The highest BCUT2D eigenvalue weighted by Crippen LogP contribution is 2.39. The van der Waals surface area contributed by atoms with Gasteiger partial charge in [0.05, 0.1) is 36.3 Å². The van der Waals surface area contributed by atoms with Gasteiger partial charge < -0.3 is 19.5 Å². The fourth-order valence-electron chi connectivity index (χ4n) is 2.50. The van der Waals surface area contributed by atoms with Crippen molar-refractivity contribution in [1.29, 1.82) is 0 Å². The zero-order valence-electron chi connectivity index (χ0n) is 12.9. The monoisotopic (exact) mass is 330 g/mol. The Bertz CT molecular complexity index is 820. The van der Waals surface area contributed by atoms with E-state index in [4.69, 9.17) is 14.2 Å². The van der Waals surface area contributed by atoms with Gasteiger partial charge in [0.2, 0.25) is 6.23 Å². The van der Waals surface area contributed by atoms with Crippen LogP contribution in [0.25, 0.3) is 0 Å². The van der Waals surface area contributed by atoms with Gasteiger partial charge in [-0.1, -0.05) is 12.1 Å². The van der Waals surface area contributed by atoms with E-state index >= 15 is 0 Å². The third-order valence-corrected chi connectivity index (χ3v) is 3.65. The van der Waals surface area contributed by atoms with E-state index in [-0.39, 0.29) is 22.9 Å². The molecule has 1 atom stereocenters. The topological polar surface area (TPSA) is 99.9 Å². The highest BCUT2D eigenvalue weighted by Gasteiger charge is 2.32. The van der Waals surface area contributed by atoms with Crippen LogP contribution >= 0.6 is 0 Å². The number of nitrogens with one attached hydrogen (secondary N) is 1. The van der Waals surface area contributed by atoms with Gasteiger partial charge in [-0.05, 0) is 18.2 Å². The quantitative estimate of drug-likeness (QED) is 0.682. The van der Waals surface area contributed by atoms with Crippen LogP contribution in [0, 0.1) is 10.1 Å². The molecular formula is C16H14N2O6. The first-order valence-electron chi connectivity index (χ1n) is 7.02. The minimum Gasteiger partial charge on any atom is -0.493 e. The maximum absolute atomic E-state index is 12.2. The van der Waals surface area contributed by atoms with Gasteiger partial charge in [0.15, 0.2) is 11.5 Å². The zero-order valence-corrected chi connectivity index (χ0v) is 12.9. The highest BCUT2D eigenvalue weighted by atomic mass is 16.6. The lowest BCUT2D eigenvalue weighted by molar-refractivity contribution is -0.386. The molecule has 0 saturated carbocycles. The van der Waals surface area contributed by atoms with Crippen LogP contribution in [0.3, 0.4) is 0 Å². The Morgan fingerprint density at radius 2 is 1.83 bits per heavy atom. The summed E-state index contributed by atoms with van der Waals surface area (Å²) in [6.45, 7) is 0. The van der Waals surface area contributed by atoms with Gasteiger partial charge in [-0.2, -0.15) is 0 Å². The van der Waals surface area contributed by atoms with Crippen LogP contribution in [-0.4, -0.2) is 25.1 Å². The standard InChI is InChI=1S/C16H14N2O6/c1-22-13-7-10(11(18(20)21)8-14(13)23-2)16-17-15(19)9-5-3-4-6-12(9)24-16/h3-8,16H,1-2H3,(H,17,19)/t16-/m1/s1. The van der Waals surface area contributed by atoms with Crippen LogP contribution in [0.2, 0.25) is 0 Å². The lowest BCUT2D eigenvalue weighted by Crippen LogP contribution is -2.37. The first-order valence-corrected chi connectivity index (χ1v) is 7.02. The molecule has 8 heteroatoms. The molecule has 8 nitrogen and oxygen atoms in total. The molecule has 0 fully saturated rings. The first kappa shape index (κ1) is 15.6. The largest absolute Gasteiger partial charge is 0.493 e. The van der Waals surface area contributed by atoms with Crippen molar-refractivity contribution in [2.45, 2.75) is 6.23 Å². The van der Waals surface area contributed by atoms with Gasteiger partial charge in [-0.3, -0.25) is 14.9 Å². The van der Waals surface area contributed by atoms with Crippen LogP contribution in [-0.2, 0) is 0 Å². The molecule has 24 heavy (non-hydrogen) atoms. The van der Waals surface area contributed by atoms with Crippen molar-refractivity contribution >= 4 is 11.6 Å². The van der Waals surface area contributed by atoms with Crippen molar-refractivity contribution in [3.05, 3.63) is 57.6 Å². The summed E-state index contributed by atoms with van der Waals surface area (Å²) in [7, 11) is 2.81. The highest BCUT2D eigenvalue weighted by molar-refractivity contribution is 5.98. The van der Waals surface area contributed by atoms with Crippen molar-refractivity contribution < 1.29 is 23.9 Å². The van der Waals surface area contributed by atoms with Crippen molar-refractivity contribution in [2.75, 3.05) is 14.2 Å². The van der Waals surface area contributed by atoms with Crippen LogP contribution in [0.5, 0.6) is 17.2 Å². The number of hydrogen-bond acceptors (Lipinski definition) is 6. The molecule has 1 aliphatic heterocycles. The summed E-state index contributed by atoms with van der Waals surface area (Å²) in [6.07, 6.45) is -1.01. The third-order valence-electron chi connectivity index (χ3n) is 3.65. The van der Waals surface area contributed by atoms with Crippen LogP contribution in [0.4, 0.5) is 5.69 Å². The average molecular weight is 330 g/mol. The molecule has 0 saturated heterocycles. The Morgan fingerprint density at radius 3 is 2.50 bits per heavy atom. The zero-order chi connectivity index (χ0) is 17.3. The van der Waals surface area contributed by atoms with E-state index in [1.165, 1.54) is 26.4 Å². The fraction of sp³-hybridized carbons (Fsp3) is 0.188. The Hall–Kier alpha value is -3.29. The summed E-state index contributed by atoms with van der Waals surface area (Å²) in [5.74, 6) is 0.506. The number of amides is 1. The fourth-order valence-corrected chi connectivity index (χ4v) is 2.50. The Labute approximate surface area is 137 Å². The summed E-state index contributed by atoms with van der Waals surface area (Å²) in [6, 6.07) is 9.34. The van der Waals surface area contributed by atoms with Crippen molar-refractivity contribution in [3.63, 3.8) is 0 Å². The van der Waals surface area contributed by atoms with Crippen molar-refractivity contribution in [1.82, 2.24) is 5.32 Å². The van der Waals surface area contributed by atoms with E-state index < -0.39 is 11.2 Å². The number of nitro benzene ring substituents is 1. The molecule has 0 unspecified atom stereocenters. The number of ether oxygens (including phenoxy) is 3. The molecule has 0 bridgehead atoms. The molecule has 0 aliphatic carbocycles. The maximum atomic E-state index is 12.2. The summed E-state index contributed by atoms with van der Waals surface area (Å²) in [4.78, 5) is 23.0. The second kappa shape index (κ2) is 6.07. The predicted octanol–water partition coefficient (Wildman–Crippen LogP) is 2.43. The number of methoxy groups -OCH3 is 2. The van der Waals surface area contributed by atoms with E-state index in [1.807, 2.05) is 0 Å². The van der Waals surface area contributed by atoms with Crippen LogP contribution in [0.15, 0.2) is 36.4 Å². The van der Waals surface area contributed by atoms with E-state index in [2.05, 4.69) is 5.32 Å². The van der Waals surface area contributed by atoms with Gasteiger partial charge in [-0.15, -0.1) is 0 Å². The van der Waals surface area contributed by atoms with Crippen LogP contribution in [0.1, 0.15) is 22.1 Å². The molecule has 1 heterocycles. The van der Waals surface area contributed by atoms with Gasteiger partial charge in [0.25, 0.3) is 11.6 Å². The lowest BCUT2D eigenvalue weighted by Gasteiger charge is -2.27. The minimum absolute atomic E-state index is 0.167. The van der Waals surface area contributed by atoms with Crippen molar-refractivity contribution in [3.8, 4) is 17.2 Å². The van der Waals surface area contributed by atoms with Crippen molar-refractivity contribution in [2.24, 2.45) is 0 Å². The molecule has 0 spiro atoms. The number of benzene rings is 2. The SMILES string of the molecule is COc1cc([C@@H]2NC(=O)c3ccccc3O2)c([N+](=O)[O-])cc1OC. The number of carbonyl (C=O) groups is 1. The number of para-hydroxylation sites is 1. The summed E-state index contributed by atoms with van der Waals surface area (Å²) < 4.78 is 16.0. The maximum Gasteiger partial charge on any atom is 0.282 e. The third kappa shape index (κ3) is 2.58. The normalized spacial score (nSPS) is 15.8. The van der Waals surface area contributed by atoms with E-state index in [0.717, 1.165) is 0 Å². The van der Waals surface area contributed by atoms with Crippen LogP contribution < -0.4 is 19.5 Å². The molecule has 1 aliphatic rings. The number of fused-ring (bicyclic) bond motifs is 1. The molecule has 1 N–H and O–H groups in total. The van der Waals surface area contributed by atoms with Gasteiger partial charge in [-0.25, -0.2) is 0 Å². The minimum atomic E-state index is -1.01. The Morgan fingerprint density at radius 1 is 1.17 bits per heavy atom. The van der Waals surface area contributed by atoms with Gasteiger partial charge >= 0.3 is 0 Å². The van der Waals surface area contributed by atoms with Gasteiger partial charge in [0.1, 0.15) is 5.75 Å². The molecular weight excluding hydrogens is 316 g/mol. The van der Waals surface area contributed by atoms with E-state index in [9.17, 15) is 14.9 Å². The number of rotatable bonds is 4. The smallest absolute Gasteiger partial charge is 0.282 e. The van der Waals surface area contributed by atoms with E-state index in [0.29, 0.717) is 17.1 Å². The molecule has 2 aromatic carbocycles. The average Bonchev–Trinajstić information content (AvgIpc) is 2.60. The molecule has 0 radical (unpaired) electrons. The lowest BCUT2D eigenvalue weighted by atomic mass is 10.1. The van der Waals surface area contributed by atoms with Gasteiger partial charge in [0, 0.05) is 0 Å². The number of hydrogen-bond donors (Lipinski definition) is 1. The molecule has 2 aromatic rings. The number of carbonyl (C=O) groups excluding carboxylic acids is 1. The Kier molecular flexibility index (Phi) is 3.95. The number of nitro groups is 1. The summed E-state index contributed by atoms with van der Waals surface area (Å²) in [5, 5.41) is 14.0. The molecule has 124 valence electrons. The second-order valence-corrected chi connectivity index (χ2v) is 4.99.